The summed E-state index contributed by atoms with van der Waals surface area (Å²) in [6.07, 6.45) is 4.58. The standard InChI is InChI=1S/C21H42N3O5P/c1-13(2)9-18(22)20(26)24-19(14(3)4)21(27)23-11-17(25)10-15-7-5-6-8-16(15)12-30(28)29/h13-19,25,30H,5-12,22H2,1-4H3,(H,23,27)(H,24,26)(H,28,29)/t15?,16?,17-,18+,19+/m1/s1. The predicted molar refractivity (Wildman–Crippen MR) is 119 cm³/mol. The van der Waals surface area contributed by atoms with Crippen molar-refractivity contribution < 1.29 is 24.2 Å². The van der Waals surface area contributed by atoms with E-state index < -0.39 is 26.2 Å². The van der Waals surface area contributed by atoms with E-state index in [2.05, 4.69) is 10.6 Å². The summed E-state index contributed by atoms with van der Waals surface area (Å²) in [5, 5.41) is 15.9. The molecule has 6 N–H and O–H groups in total. The lowest BCUT2D eigenvalue weighted by Crippen LogP contribution is -2.54. The van der Waals surface area contributed by atoms with Gasteiger partial charge in [-0.1, -0.05) is 47.0 Å². The van der Waals surface area contributed by atoms with Gasteiger partial charge in [-0.25, -0.2) is 0 Å². The maximum Gasteiger partial charge on any atom is 0.242 e. The summed E-state index contributed by atoms with van der Waals surface area (Å²) in [6.45, 7) is 7.75. The third kappa shape index (κ3) is 9.90. The van der Waals surface area contributed by atoms with Crippen molar-refractivity contribution >= 4 is 19.8 Å². The highest BCUT2D eigenvalue weighted by Gasteiger charge is 2.30. The first-order chi connectivity index (χ1) is 14.0. The first kappa shape index (κ1) is 27.1. The summed E-state index contributed by atoms with van der Waals surface area (Å²) >= 11 is 0. The Morgan fingerprint density at radius 1 is 1.10 bits per heavy atom. The van der Waals surface area contributed by atoms with E-state index >= 15 is 0 Å². The van der Waals surface area contributed by atoms with Crippen molar-refractivity contribution in [2.45, 2.75) is 84.4 Å². The number of hydrogen-bond acceptors (Lipinski definition) is 5. The Morgan fingerprint density at radius 3 is 2.23 bits per heavy atom. The lowest BCUT2D eigenvalue weighted by Gasteiger charge is -2.32. The van der Waals surface area contributed by atoms with Crippen molar-refractivity contribution in [3.63, 3.8) is 0 Å². The number of nitrogens with one attached hydrogen (secondary N) is 2. The first-order valence-electron chi connectivity index (χ1n) is 11.2. The van der Waals surface area contributed by atoms with Crippen molar-refractivity contribution in [2.24, 2.45) is 29.4 Å². The molecule has 9 heteroatoms. The largest absolute Gasteiger partial charge is 0.391 e. The van der Waals surface area contributed by atoms with E-state index in [-0.39, 0.29) is 42.0 Å². The summed E-state index contributed by atoms with van der Waals surface area (Å²) in [4.78, 5) is 34.2. The van der Waals surface area contributed by atoms with Crippen LogP contribution in [0.15, 0.2) is 0 Å². The Morgan fingerprint density at radius 2 is 1.70 bits per heavy atom. The molecule has 2 amide bonds. The van der Waals surface area contributed by atoms with Crippen LogP contribution in [0.3, 0.4) is 0 Å². The number of rotatable bonds is 12. The molecule has 0 aliphatic heterocycles. The van der Waals surface area contributed by atoms with Crippen molar-refractivity contribution in [1.29, 1.82) is 0 Å². The minimum Gasteiger partial charge on any atom is -0.391 e. The van der Waals surface area contributed by atoms with Gasteiger partial charge < -0.3 is 26.4 Å². The Labute approximate surface area is 181 Å². The molecule has 0 aromatic rings. The zero-order valence-electron chi connectivity index (χ0n) is 18.9. The van der Waals surface area contributed by atoms with Crippen LogP contribution in [0.25, 0.3) is 0 Å². The lowest BCUT2D eigenvalue weighted by atomic mass is 9.77. The van der Waals surface area contributed by atoms with Gasteiger partial charge in [0.25, 0.3) is 0 Å². The third-order valence-electron chi connectivity index (χ3n) is 5.90. The van der Waals surface area contributed by atoms with Gasteiger partial charge in [0.2, 0.25) is 11.8 Å². The molecule has 1 fully saturated rings. The van der Waals surface area contributed by atoms with Crippen LogP contribution in [0, 0.1) is 23.7 Å². The van der Waals surface area contributed by atoms with Gasteiger partial charge in [0.05, 0.1) is 12.1 Å². The monoisotopic (exact) mass is 447 g/mol. The van der Waals surface area contributed by atoms with Crippen LogP contribution in [0.5, 0.6) is 0 Å². The smallest absolute Gasteiger partial charge is 0.242 e. The number of hydrogen-bond donors (Lipinski definition) is 5. The van der Waals surface area contributed by atoms with Crippen molar-refractivity contribution in [2.75, 3.05) is 12.7 Å². The van der Waals surface area contributed by atoms with E-state index in [1.807, 2.05) is 27.7 Å². The number of nitrogens with two attached hydrogens (primary N) is 1. The van der Waals surface area contributed by atoms with E-state index in [9.17, 15) is 24.2 Å². The van der Waals surface area contributed by atoms with Crippen molar-refractivity contribution in [1.82, 2.24) is 10.6 Å². The molecular weight excluding hydrogens is 405 g/mol. The van der Waals surface area contributed by atoms with Gasteiger partial charge in [-0.05, 0) is 42.9 Å². The molecule has 1 saturated carbocycles. The molecule has 176 valence electrons. The zero-order valence-corrected chi connectivity index (χ0v) is 19.9. The molecule has 0 aromatic heterocycles. The molecule has 8 nitrogen and oxygen atoms in total. The molecule has 30 heavy (non-hydrogen) atoms. The number of carbonyl (C=O) groups excluding carboxylic acids is 2. The fourth-order valence-electron chi connectivity index (χ4n) is 4.26. The van der Waals surface area contributed by atoms with E-state index in [1.165, 1.54) is 0 Å². The average molecular weight is 448 g/mol. The Kier molecular flexibility index (Phi) is 12.2. The van der Waals surface area contributed by atoms with Gasteiger partial charge in [-0.2, -0.15) is 0 Å². The SMILES string of the molecule is CC(C)C[C@H](N)C(=O)N[C@H](C(=O)NC[C@H](O)CC1CCCCC1C[PH](=O)O)C(C)C. The second-order valence-corrected chi connectivity index (χ2v) is 10.7. The Hall–Kier alpha value is -0.950. The van der Waals surface area contributed by atoms with Crippen LogP contribution in [-0.2, 0) is 14.2 Å². The van der Waals surface area contributed by atoms with Crippen LogP contribution in [-0.4, -0.2) is 52.7 Å². The van der Waals surface area contributed by atoms with E-state index in [0.717, 1.165) is 25.7 Å². The van der Waals surface area contributed by atoms with Crippen LogP contribution < -0.4 is 16.4 Å². The molecule has 3 unspecified atom stereocenters. The second kappa shape index (κ2) is 13.5. The zero-order chi connectivity index (χ0) is 22.8. The molecule has 1 aliphatic rings. The molecule has 1 rings (SSSR count). The van der Waals surface area contributed by atoms with Gasteiger partial charge in [0.1, 0.15) is 6.04 Å². The normalized spacial score (nSPS) is 23.6. The highest BCUT2D eigenvalue weighted by atomic mass is 31.1. The van der Waals surface area contributed by atoms with Crippen molar-refractivity contribution in [3.05, 3.63) is 0 Å². The van der Waals surface area contributed by atoms with Crippen LogP contribution in [0.2, 0.25) is 0 Å². The summed E-state index contributed by atoms with van der Waals surface area (Å²) in [5.41, 5.74) is 5.92. The molecule has 6 atom stereocenters. The minimum absolute atomic E-state index is 0.0908. The first-order valence-corrected chi connectivity index (χ1v) is 12.8. The van der Waals surface area contributed by atoms with Crippen LogP contribution in [0.4, 0.5) is 0 Å². The topological polar surface area (TPSA) is 142 Å². The summed E-state index contributed by atoms with van der Waals surface area (Å²) in [5.74, 6) is -0.174. The molecule has 1 aliphatic carbocycles. The maximum absolute atomic E-state index is 12.6. The quantitative estimate of drug-likeness (QED) is 0.288. The number of carbonyl (C=O) groups is 2. The second-order valence-electron chi connectivity index (χ2n) is 9.50. The van der Waals surface area contributed by atoms with Gasteiger partial charge in [-0.15, -0.1) is 0 Å². The summed E-state index contributed by atoms with van der Waals surface area (Å²) in [6, 6.07) is -1.38. The molecule has 0 saturated heterocycles. The number of aliphatic hydroxyl groups is 1. The summed E-state index contributed by atoms with van der Waals surface area (Å²) in [7, 11) is -2.52. The van der Waals surface area contributed by atoms with Gasteiger partial charge in [0, 0.05) is 12.7 Å². The van der Waals surface area contributed by atoms with Gasteiger partial charge in [-0.3, -0.25) is 14.2 Å². The minimum atomic E-state index is -2.52. The molecule has 0 aromatic carbocycles. The van der Waals surface area contributed by atoms with Crippen LogP contribution in [0.1, 0.15) is 66.2 Å². The molecular formula is C21H42N3O5P. The Balaban J connectivity index is 2.55. The fraction of sp³-hybridized carbons (Fsp3) is 0.905. The van der Waals surface area contributed by atoms with Gasteiger partial charge >= 0.3 is 0 Å². The van der Waals surface area contributed by atoms with Gasteiger partial charge in [0.15, 0.2) is 8.03 Å². The molecule has 0 bridgehead atoms. The van der Waals surface area contributed by atoms with Crippen molar-refractivity contribution in [3.8, 4) is 0 Å². The Bertz CT molecular complexity index is 573. The molecule has 0 spiro atoms. The highest BCUT2D eigenvalue weighted by Crippen LogP contribution is 2.37. The number of amides is 2. The number of aliphatic hydroxyl groups excluding tert-OH is 1. The lowest BCUT2D eigenvalue weighted by molar-refractivity contribution is -0.131. The summed E-state index contributed by atoms with van der Waals surface area (Å²) < 4.78 is 11.3. The van der Waals surface area contributed by atoms with Crippen LogP contribution >= 0.6 is 8.03 Å². The van der Waals surface area contributed by atoms with E-state index in [4.69, 9.17) is 5.73 Å². The molecule has 0 radical (unpaired) electrons. The predicted octanol–water partition coefficient (Wildman–Crippen LogP) is 1.64. The molecule has 0 heterocycles. The maximum atomic E-state index is 12.6. The highest BCUT2D eigenvalue weighted by molar-refractivity contribution is 7.38. The third-order valence-corrected chi connectivity index (χ3v) is 6.77. The fourth-order valence-corrected chi connectivity index (χ4v) is 5.25. The van der Waals surface area contributed by atoms with E-state index in [0.29, 0.717) is 19.0 Å². The average Bonchev–Trinajstić information content (AvgIpc) is 2.64. The van der Waals surface area contributed by atoms with E-state index in [1.54, 1.807) is 0 Å².